The van der Waals surface area contributed by atoms with Crippen molar-refractivity contribution in [1.82, 2.24) is 19.6 Å². The van der Waals surface area contributed by atoms with Gasteiger partial charge in [0.1, 0.15) is 5.82 Å². The fourth-order valence-electron chi connectivity index (χ4n) is 3.37. The second kappa shape index (κ2) is 12.6. The summed E-state index contributed by atoms with van der Waals surface area (Å²) in [5, 5.41) is 15.8. The van der Waals surface area contributed by atoms with Crippen LogP contribution in [0.2, 0.25) is 0 Å². The number of benzene rings is 1. The van der Waals surface area contributed by atoms with E-state index in [2.05, 4.69) is 53.1 Å². The van der Waals surface area contributed by atoms with Crippen molar-refractivity contribution in [1.29, 1.82) is 0 Å². The van der Waals surface area contributed by atoms with Gasteiger partial charge in [0, 0.05) is 38.1 Å². The Bertz CT molecular complexity index is 987. The number of hydrogen-bond donors (Lipinski definition) is 4. The first-order chi connectivity index (χ1) is 15.9. The van der Waals surface area contributed by atoms with Gasteiger partial charge in [-0.25, -0.2) is 18.1 Å². The van der Waals surface area contributed by atoms with E-state index in [4.69, 9.17) is 4.74 Å². The van der Waals surface area contributed by atoms with Crippen molar-refractivity contribution in [3.05, 3.63) is 34.9 Å². The van der Waals surface area contributed by atoms with Gasteiger partial charge in [0.15, 0.2) is 0 Å². The lowest BCUT2D eigenvalue weighted by molar-refractivity contribution is 0.0390. The Morgan fingerprint density at radius 1 is 1.24 bits per heavy atom. The predicted molar refractivity (Wildman–Crippen MR) is 131 cm³/mol. The van der Waals surface area contributed by atoms with Crippen LogP contribution in [0.5, 0.6) is 0 Å². The molecule has 182 valence electrons. The third kappa shape index (κ3) is 7.87. The fraction of sp³-hybridized carbons (Fsp3) is 0.524. The minimum absolute atomic E-state index is 0.00344. The van der Waals surface area contributed by atoms with Crippen LogP contribution in [0.25, 0.3) is 0 Å². The molecule has 2 heterocycles. The van der Waals surface area contributed by atoms with Gasteiger partial charge < -0.3 is 20.5 Å². The lowest BCUT2D eigenvalue weighted by Crippen LogP contribution is -2.41. The molecule has 1 aromatic heterocycles. The quantitative estimate of drug-likeness (QED) is 0.318. The first-order valence-electron chi connectivity index (χ1n) is 11.0. The highest BCUT2D eigenvalue weighted by molar-refractivity contribution is 9.10. The van der Waals surface area contributed by atoms with Gasteiger partial charge in [0.05, 0.1) is 35.2 Å². The first-order valence-corrected chi connectivity index (χ1v) is 13.3. The SMILES string of the molecule is CCC[C@H](CO)Nc1nc(Nc2ccc(S(=O)(=O)NCCN3CCOCC3)cc2)ncc1Br. The first kappa shape index (κ1) is 25.8. The molecule has 2 aromatic rings. The third-order valence-electron chi connectivity index (χ3n) is 5.19. The molecule has 12 heteroatoms. The number of morpholine rings is 1. The summed E-state index contributed by atoms with van der Waals surface area (Å²) in [6, 6.07) is 6.32. The molecule has 0 amide bonds. The normalized spacial score (nSPS) is 15.8. The van der Waals surface area contributed by atoms with Crippen LogP contribution < -0.4 is 15.4 Å². The number of anilines is 3. The van der Waals surface area contributed by atoms with Crippen molar-refractivity contribution >= 4 is 43.4 Å². The number of sulfonamides is 1. The summed E-state index contributed by atoms with van der Waals surface area (Å²) in [5.41, 5.74) is 0.655. The van der Waals surface area contributed by atoms with Gasteiger partial charge in [0.25, 0.3) is 0 Å². The molecular formula is C21H31BrN6O4S. The van der Waals surface area contributed by atoms with Crippen LogP contribution in [0.4, 0.5) is 17.5 Å². The van der Waals surface area contributed by atoms with E-state index in [1.54, 1.807) is 30.5 Å². The molecule has 1 saturated heterocycles. The Labute approximate surface area is 203 Å². The molecule has 0 bridgehead atoms. The molecule has 0 radical (unpaired) electrons. The number of nitrogens with one attached hydrogen (secondary N) is 3. The highest BCUT2D eigenvalue weighted by Gasteiger charge is 2.16. The molecule has 1 fully saturated rings. The molecule has 1 atom stereocenters. The van der Waals surface area contributed by atoms with Crippen molar-refractivity contribution in [3.63, 3.8) is 0 Å². The summed E-state index contributed by atoms with van der Waals surface area (Å²) in [7, 11) is -3.59. The maximum absolute atomic E-state index is 12.6. The maximum atomic E-state index is 12.6. The second-order valence-corrected chi connectivity index (χ2v) is 10.3. The topological polar surface area (TPSA) is 129 Å². The molecular weight excluding hydrogens is 512 g/mol. The van der Waals surface area contributed by atoms with Crippen LogP contribution in [-0.2, 0) is 14.8 Å². The van der Waals surface area contributed by atoms with Crippen LogP contribution >= 0.6 is 15.9 Å². The molecule has 3 rings (SSSR count). The number of aliphatic hydroxyl groups is 1. The number of ether oxygens (including phenoxy) is 1. The van der Waals surface area contributed by atoms with Gasteiger partial charge in [-0.05, 0) is 46.6 Å². The van der Waals surface area contributed by atoms with E-state index < -0.39 is 10.0 Å². The number of nitrogens with zero attached hydrogens (tertiary/aromatic N) is 3. The smallest absolute Gasteiger partial charge is 0.240 e. The summed E-state index contributed by atoms with van der Waals surface area (Å²) < 4.78 is 33.8. The van der Waals surface area contributed by atoms with Crippen molar-refractivity contribution in [2.75, 3.05) is 56.6 Å². The van der Waals surface area contributed by atoms with E-state index in [1.807, 2.05) is 0 Å². The summed E-state index contributed by atoms with van der Waals surface area (Å²) in [6.45, 7) is 6.04. The molecule has 0 saturated carbocycles. The van der Waals surface area contributed by atoms with Crippen LogP contribution in [0, 0.1) is 0 Å². The van der Waals surface area contributed by atoms with Crippen molar-refractivity contribution in [3.8, 4) is 0 Å². The summed E-state index contributed by atoms with van der Waals surface area (Å²) >= 11 is 3.42. The molecule has 33 heavy (non-hydrogen) atoms. The zero-order valence-electron chi connectivity index (χ0n) is 18.6. The minimum atomic E-state index is -3.59. The minimum Gasteiger partial charge on any atom is -0.394 e. The lowest BCUT2D eigenvalue weighted by atomic mass is 10.2. The van der Waals surface area contributed by atoms with Crippen molar-refractivity contribution in [2.24, 2.45) is 0 Å². The van der Waals surface area contributed by atoms with Crippen molar-refractivity contribution < 1.29 is 18.3 Å². The van der Waals surface area contributed by atoms with E-state index >= 15 is 0 Å². The summed E-state index contributed by atoms with van der Waals surface area (Å²) in [4.78, 5) is 11.1. The average molecular weight is 543 g/mol. The van der Waals surface area contributed by atoms with Crippen LogP contribution in [0.3, 0.4) is 0 Å². The number of aliphatic hydroxyl groups excluding tert-OH is 1. The summed E-state index contributed by atoms with van der Waals surface area (Å²) in [5.74, 6) is 0.928. The van der Waals surface area contributed by atoms with Gasteiger partial charge in [-0.1, -0.05) is 13.3 Å². The molecule has 1 aliphatic rings. The molecule has 0 aliphatic carbocycles. The Kier molecular flexibility index (Phi) is 9.83. The number of halogens is 1. The monoisotopic (exact) mass is 542 g/mol. The van der Waals surface area contributed by atoms with E-state index in [0.717, 1.165) is 25.9 Å². The zero-order valence-corrected chi connectivity index (χ0v) is 21.0. The molecule has 1 aromatic carbocycles. The van der Waals surface area contributed by atoms with E-state index in [1.165, 1.54) is 0 Å². The lowest BCUT2D eigenvalue weighted by Gasteiger charge is -2.26. The average Bonchev–Trinajstić information content (AvgIpc) is 2.82. The highest BCUT2D eigenvalue weighted by Crippen LogP contribution is 2.24. The van der Waals surface area contributed by atoms with E-state index in [0.29, 0.717) is 48.2 Å². The molecule has 1 aliphatic heterocycles. The summed E-state index contributed by atoms with van der Waals surface area (Å²) in [6.07, 6.45) is 3.37. The fourth-order valence-corrected chi connectivity index (χ4v) is 4.70. The second-order valence-electron chi connectivity index (χ2n) is 7.70. The van der Waals surface area contributed by atoms with Gasteiger partial charge in [0.2, 0.25) is 16.0 Å². The van der Waals surface area contributed by atoms with Gasteiger partial charge in [-0.3, -0.25) is 4.90 Å². The Morgan fingerprint density at radius 3 is 2.64 bits per heavy atom. The van der Waals surface area contributed by atoms with E-state index in [9.17, 15) is 13.5 Å². The number of hydrogen-bond acceptors (Lipinski definition) is 9. The maximum Gasteiger partial charge on any atom is 0.240 e. The van der Waals surface area contributed by atoms with E-state index in [-0.39, 0.29) is 17.5 Å². The number of aromatic nitrogens is 2. The molecule has 4 N–H and O–H groups in total. The van der Waals surface area contributed by atoms with Crippen LogP contribution in [0.15, 0.2) is 39.8 Å². The molecule has 0 unspecified atom stereocenters. The Balaban J connectivity index is 1.58. The predicted octanol–water partition coefficient (Wildman–Crippen LogP) is 2.17. The molecule has 0 spiro atoms. The van der Waals surface area contributed by atoms with Gasteiger partial charge in [-0.15, -0.1) is 0 Å². The zero-order chi connectivity index (χ0) is 23.7. The third-order valence-corrected chi connectivity index (χ3v) is 7.24. The largest absolute Gasteiger partial charge is 0.394 e. The van der Waals surface area contributed by atoms with Crippen molar-refractivity contribution in [2.45, 2.75) is 30.7 Å². The van der Waals surface area contributed by atoms with Crippen LogP contribution in [0.1, 0.15) is 19.8 Å². The molecule has 10 nitrogen and oxygen atoms in total. The standard InChI is InChI=1S/C21H31BrN6O4S/c1-2-3-17(15-29)25-20-19(22)14-23-21(27-20)26-16-4-6-18(7-5-16)33(30,31)24-8-9-28-10-12-32-13-11-28/h4-7,14,17,24,29H,2-3,8-13,15H2,1H3,(H2,23,25,26,27)/t17-/m1/s1. The van der Waals surface area contributed by atoms with Crippen LogP contribution in [-0.4, -0.2) is 80.4 Å². The number of rotatable bonds is 12. The highest BCUT2D eigenvalue weighted by atomic mass is 79.9. The Hall–Kier alpha value is -1.83. The van der Waals surface area contributed by atoms with Gasteiger partial charge >= 0.3 is 0 Å². The Morgan fingerprint density at radius 2 is 1.97 bits per heavy atom. The van der Waals surface area contributed by atoms with Gasteiger partial charge in [-0.2, -0.15) is 4.98 Å².